The third-order valence-corrected chi connectivity index (χ3v) is 2.84. The molecule has 0 aliphatic heterocycles. The van der Waals surface area contributed by atoms with Crippen LogP contribution in [0.5, 0.6) is 5.75 Å². The molecule has 0 saturated heterocycles. The molecule has 1 atom stereocenters. The van der Waals surface area contributed by atoms with Crippen LogP contribution in [0, 0.1) is 13.8 Å². The molecule has 1 aromatic carbocycles. The average molecular weight is 250 g/mol. The number of amides is 1. The molecule has 4 nitrogen and oxygen atoms in total. The highest BCUT2D eigenvalue weighted by Crippen LogP contribution is 2.18. The van der Waals surface area contributed by atoms with E-state index in [0.29, 0.717) is 6.54 Å². The number of benzene rings is 1. The Labute approximate surface area is 109 Å². The van der Waals surface area contributed by atoms with Gasteiger partial charge in [0.25, 0.3) is 5.91 Å². The fourth-order valence-corrected chi connectivity index (χ4v) is 1.60. The van der Waals surface area contributed by atoms with Crippen LogP contribution in [-0.4, -0.2) is 25.1 Å². The zero-order valence-electron chi connectivity index (χ0n) is 11.3. The maximum Gasteiger partial charge on any atom is 0.258 e. The highest BCUT2D eigenvalue weighted by atomic mass is 16.5. The number of hydrogen-bond acceptors (Lipinski definition) is 3. The fraction of sp³-hybridized carbons (Fsp3) is 0.500. The molecular formula is C14H22N2O2. The van der Waals surface area contributed by atoms with Crippen LogP contribution in [0.3, 0.4) is 0 Å². The van der Waals surface area contributed by atoms with Crippen molar-refractivity contribution >= 4 is 5.91 Å². The van der Waals surface area contributed by atoms with Crippen molar-refractivity contribution in [2.45, 2.75) is 33.2 Å². The Morgan fingerprint density at radius 2 is 2.17 bits per heavy atom. The minimum Gasteiger partial charge on any atom is -0.483 e. The van der Waals surface area contributed by atoms with E-state index in [1.165, 1.54) is 0 Å². The van der Waals surface area contributed by atoms with Crippen LogP contribution >= 0.6 is 0 Å². The van der Waals surface area contributed by atoms with Crippen LogP contribution in [-0.2, 0) is 4.79 Å². The number of ether oxygens (including phenoxy) is 1. The van der Waals surface area contributed by atoms with Gasteiger partial charge < -0.3 is 15.8 Å². The normalized spacial score (nSPS) is 12.0. The Hall–Kier alpha value is -1.55. The lowest BCUT2D eigenvalue weighted by molar-refractivity contribution is -0.123. The minimum absolute atomic E-state index is 0.0275. The molecule has 4 heteroatoms. The molecule has 0 saturated carbocycles. The van der Waals surface area contributed by atoms with Gasteiger partial charge in [-0.1, -0.05) is 19.1 Å². The highest BCUT2D eigenvalue weighted by molar-refractivity contribution is 5.77. The monoisotopic (exact) mass is 250 g/mol. The molecule has 0 aliphatic rings. The molecule has 0 heterocycles. The van der Waals surface area contributed by atoms with Crippen molar-refractivity contribution in [1.29, 1.82) is 0 Å². The lowest BCUT2D eigenvalue weighted by Gasteiger charge is -2.15. The number of rotatable bonds is 6. The number of carbonyl (C=O) groups excluding carboxylic acids is 1. The quantitative estimate of drug-likeness (QED) is 0.805. The van der Waals surface area contributed by atoms with E-state index >= 15 is 0 Å². The van der Waals surface area contributed by atoms with Crippen LogP contribution in [0.1, 0.15) is 24.5 Å². The van der Waals surface area contributed by atoms with E-state index in [1.54, 1.807) is 0 Å². The van der Waals surface area contributed by atoms with Gasteiger partial charge in [0, 0.05) is 12.6 Å². The summed E-state index contributed by atoms with van der Waals surface area (Å²) >= 11 is 0. The number of aryl methyl sites for hydroxylation is 2. The molecule has 100 valence electrons. The standard InChI is InChI=1S/C14H22N2O2/c1-4-12(8-15)16-14(17)9-18-13-7-10(2)5-6-11(13)3/h5-7,12H,4,8-9,15H2,1-3H3,(H,16,17). The fourth-order valence-electron chi connectivity index (χ4n) is 1.60. The first-order valence-corrected chi connectivity index (χ1v) is 6.26. The van der Waals surface area contributed by atoms with Crippen molar-refractivity contribution in [3.8, 4) is 5.75 Å². The summed E-state index contributed by atoms with van der Waals surface area (Å²) in [6.45, 7) is 6.42. The van der Waals surface area contributed by atoms with Gasteiger partial charge in [0.1, 0.15) is 5.75 Å². The Kier molecular flexibility index (Phi) is 5.65. The summed E-state index contributed by atoms with van der Waals surface area (Å²) in [6.07, 6.45) is 0.825. The Bertz CT molecular complexity index is 401. The van der Waals surface area contributed by atoms with Gasteiger partial charge in [-0.2, -0.15) is 0 Å². The van der Waals surface area contributed by atoms with Gasteiger partial charge >= 0.3 is 0 Å². The van der Waals surface area contributed by atoms with E-state index in [1.807, 2.05) is 39.0 Å². The molecule has 18 heavy (non-hydrogen) atoms. The number of hydrogen-bond donors (Lipinski definition) is 2. The summed E-state index contributed by atoms with van der Waals surface area (Å²) < 4.78 is 5.52. The molecule has 1 aromatic rings. The van der Waals surface area contributed by atoms with E-state index in [0.717, 1.165) is 23.3 Å². The summed E-state index contributed by atoms with van der Waals surface area (Å²) in [4.78, 5) is 11.6. The first-order valence-electron chi connectivity index (χ1n) is 6.26. The van der Waals surface area contributed by atoms with Gasteiger partial charge in [0.15, 0.2) is 6.61 Å². The van der Waals surface area contributed by atoms with Crippen LogP contribution < -0.4 is 15.8 Å². The summed E-state index contributed by atoms with van der Waals surface area (Å²) in [5.74, 6) is 0.624. The van der Waals surface area contributed by atoms with E-state index in [9.17, 15) is 4.79 Å². The summed E-state index contributed by atoms with van der Waals surface area (Å²) in [7, 11) is 0. The average Bonchev–Trinajstić information content (AvgIpc) is 2.37. The SMILES string of the molecule is CCC(CN)NC(=O)COc1cc(C)ccc1C. The van der Waals surface area contributed by atoms with Crippen molar-refractivity contribution in [1.82, 2.24) is 5.32 Å². The van der Waals surface area contributed by atoms with Crippen LogP contribution in [0.25, 0.3) is 0 Å². The highest BCUT2D eigenvalue weighted by Gasteiger charge is 2.09. The first-order chi connectivity index (χ1) is 8.56. The lowest BCUT2D eigenvalue weighted by atomic mass is 10.1. The zero-order chi connectivity index (χ0) is 13.5. The largest absolute Gasteiger partial charge is 0.483 e. The molecule has 1 amide bonds. The maximum absolute atomic E-state index is 11.6. The van der Waals surface area contributed by atoms with Gasteiger partial charge in [-0.15, -0.1) is 0 Å². The number of nitrogens with two attached hydrogens (primary N) is 1. The molecule has 0 aliphatic carbocycles. The van der Waals surface area contributed by atoms with E-state index < -0.39 is 0 Å². The third-order valence-electron chi connectivity index (χ3n) is 2.84. The summed E-state index contributed by atoms with van der Waals surface area (Å²) in [5.41, 5.74) is 7.67. The lowest BCUT2D eigenvalue weighted by Crippen LogP contribution is -2.41. The van der Waals surface area contributed by atoms with Gasteiger partial charge in [0.05, 0.1) is 0 Å². The first kappa shape index (κ1) is 14.5. The zero-order valence-corrected chi connectivity index (χ0v) is 11.3. The molecule has 0 spiro atoms. The predicted octanol–water partition coefficient (Wildman–Crippen LogP) is 1.54. The third kappa shape index (κ3) is 4.37. The minimum atomic E-state index is -0.131. The number of nitrogens with one attached hydrogen (secondary N) is 1. The van der Waals surface area contributed by atoms with Gasteiger partial charge in [-0.25, -0.2) is 0 Å². The van der Waals surface area contributed by atoms with E-state index in [4.69, 9.17) is 10.5 Å². The van der Waals surface area contributed by atoms with Crippen molar-refractivity contribution in [2.75, 3.05) is 13.2 Å². The van der Waals surface area contributed by atoms with Crippen molar-refractivity contribution in [3.05, 3.63) is 29.3 Å². The molecule has 0 fully saturated rings. The van der Waals surface area contributed by atoms with Gasteiger partial charge in [0.2, 0.25) is 0 Å². The Balaban J connectivity index is 2.49. The summed E-state index contributed by atoms with van der Waals surface area (Å²) in [5, 5.41) is 2.83. The van der Waals surface area contributed by atoms with Gasteiger partial charge in [-0.3, -0.25) is 4.79 Å². The van der Waals surface area contributed by atoms with E-state index in [2.05, 4.69) is 5.32 Å². The number of carbonyl (C=O) groups is 1. The maximum atomic E-state index is 11.6. The molecule has 0 bridgehead atoms. The summed E-state index contributed by atoms with van der Waals surface area (Å²) in [6, 6.07) is 5.96. The van der Waals surface area contributed by atoms with Crippen LogP contribution in [0.2, 0.25) is 0 Å². The topological polar surface area (TPSA) is 64.3 Å². The van der Waals surface area contributed by atoms with Crippen molar-refractivity contribution < 1.29 is 9.53 Å². The second kappa shape index (κ2) is 7.01. The molecule has 1 rings (SSSR count). The van der Waals surface area contributed by atoms with Crippen molar-refractivity contribution in [3.63, 3.8) is 0 Å². The Morgan fingerprint density at radius 1 is 1.44 bits per heavy atom. The van der Waals surface area contributed by atoms with Crippen LogP contribution in [0.15, 0.2) is 18.2 Å². The molecule has 0 radical (unpaired) electrons. The molecule has 0 aromatic heterocycles. The Morgan fingerprint density at radius 3 is 2.78 bits per heavy atom. The van der Waals surface area contributed by atoms with Crippen LogP contribution in [0.4, 0.5) is 0 Å². The second-order valence-electron chi connectivity index (χ2n) is 4.47. The molecular weight excluding hydrogens is 228 g/mol. The molecule has 1 unspecified atom stereocenters. The molecule has 3 N–H and O–H groups in total. The van der Waals surface area contributed by atoms with Crippen molar-refractivity contribution in [2.24, 2.45) is 5.73 Å². The smallest absolute Gasteiger partial charge is 0.258 e. The predicted molar refractivity (Wildman–Crippen MR) is 72.7 cm³/mol. The van der Waals surface area contributed by atoms with E-state index in [-0.39, 0.29) is 18.6 Å². The van der Waals surface area contributed by atoms with Gasteiger partial charge in [-0.05, 0) is 37.5 Å². The second-order valence-corrected chi connectivity index (χ2v) is 4.47.